The normalized spacial score (nSPS) is 18.3. The Morgan fingerprint density at radius 2 is 1.90 bits per heavy atom. The molecule has 0 radical (unpaired) electrons. The van der Waals surface area contributed by atoms with Gasteiger partial charge in [-0.3, -0.25) is 4.79 Å². The van der Waals surface area contributed by atoms with Crippen molar-refractivity contribution >= 4 is 21.8 Å². The first-order valence-electron chi connectivity index (χ1n) is 6.99. The quantitative estimate of drug-likeness (QED) is 0.740. The topological polar surface area (TPSA) is 69.6 Å². The summed E-state index contributed by atoms with van der Waals surface area (Å²) in [7, 11) is 0. The van der Waals surface area contributed by atoms with Crippen LogP contribution in [0.25, 0.3) is 0 Å². The fourth-order valence-corrected chi connectivity index (χ4v) is 2.95. The molecular formula is C15H20BrNO3. The lowest BCUT2D eigenvalue weighted by atomic mass is 9.94. The van der Waals surface area contributed by atoms with E-state index < -0.39 is 5.60 Å². The van der Waals surface area contributed by atoms with E-state index in [0.717, 1.165) is 38.5 Å². The molecule has 4 nitrogen and oxygen atoms in total. The first-order valence-corrected chi connectivity index (χ1v) is 7.79. The van der Waals surface area contributed by atoms with Crippen molar-refractivity contribution in [3.05, 3.63) is 28.2 Å². The zero-order valence-corrected chi connectivity index (χ0v) is 12.9. The van der Waals surface area contributed by atoms with Crippen LogP contribution in [-0.4, -0.2) is 28.3 Å². The molecule has 2 rings (SSSR count). The van der Waals surface area contributed by atoms with Gasteiger partial charge < -0.3 is 15.5 Å². The number of benzene rings is 1. The summed E-state index contributed by atoms with van der Waals surface area (Å²) < 4.78 is 0.717. The summed E-state index contributed by atoms with van der Waals surface area (Å²) in [5.74, 6) is -0.419. The molecule has 1 aromatic rings. The van der Waals surface area contributed by atoms with Crippen LogP contribution in [0.2, 0.25) is 0 Å². The van der Waals surface area contributed by atoms with Gasteiger partial charge in [0.1, 0.15) is 5.75 Å². The Balaban J connectivity index is 1.97. The first kappa shape index (κ1) is 15.3. The molecule has 1 amide bonds. The van der Waals surface area contributed by atoms with Crippen molar-refractivity contribution in [1.29, 1.82) is 0 Å². The maximum Gasteiger partial charge on any atom is 0.255 e. The molecule has 0 aliphatic heterocycles. The van der Waals surface area contributed by atoms with Crippen molar-refractivity contribution in [2.45, 2.75) is 44.1 Å². The van der Waals surface area contributed by atoms with E-state index in [-0.39, 0.29) is 23.8 Å². The fourth-order valence-electron chi connectivity index (χ4n) is 2.60. The Morgan fingerprint density at radius 3 is 2.50 bits per heavy atom. The molecule has 1 aromatic carbocycles. The van der Waals surface area contributed by atoms with Crippen LogP contribution in [0.1, 0.15) is 48.9 Å². The lowest BCUT2D eigenvalue weighted by molar-refractivity contribution is 0.0246. The van der Waals surface area contributed by atoms with Crippen molar-refractivity contribution in [3.63, 3.8) is 0 Å². The van der Waals surface area contributed by atoms with Crippen LogP contribution in [0.15, 0.2) is 22.7 Å². The minimum atomic E-state index is -0.808. The number of carbonyl (C=O) groups excluding carboxylic acids is 1. The molecule has 0 unspecified atom stereocenters. The van der Waals surface area contributed by atoms with Gasteiger partial charge in [-0.25, -0.2) is 0 Å². The van der Waals surface area contributed by atoms with Gasteiger partial charge in [-0.2, -0.15) is 0 Å². The molecule has 3 N–H and O–H groups in total. The monoisotopic (exact) mass is 341 g/mol. The maximum absolute atomic E-state index is 12.1. The van der Waals surface area contributed by atoms with Gasteiger partial charge in [-0.15, -0.1) is 0 Å². The molecule has 110 valence electrons. The van der Waals surface area contributed by atoms with E-state index in [1.165, 1.54) is 6.07 Å². The summed E-state index contributed by atoms with van der Waals surface area (Å²) in [4.78, 5) is 12.1. The molecule has 0 bridgehead atoms. The number of aromatic hydroxyl groups is 1. The van der Waals surface area contributed by atoms with E-state index in [1.807, 2.05) is 0 Å². The second kappa shape index (κ2) is 6.59. The van der Waals surface area contributed by atoms with Gasteiger partial charge in [0.2, 0.25) is 0 Å². The van der Waals surface area contributed by atoms with Crippen molar-refractivity contribution < 1.29 is 15.0 Å². The smallest absolute Gasteiger partial charge is 0.255 e. The Morgan fingerprint density at radius 1 is 1.25 bits per heavy atom. The second-order valence-corrected chi connectivity index (χ2v) is 6.40. The SMILES string of the molecule is O=C(NCC1(O)CCCCCC1)c1ccc(Br)cc1O. The average Bonchev–Trinajstić information content (AvgIpc) is 2.61. The predicted molar refractivity (Wildman–Crippen MR) is 80.8 cm³/mol. The van der Waals surface area contributed by atoms with Crippen LogP contribution in [0, 0.1) is 0 Å². The number of amides is 1. The van der Waals surface area contributed by atoms with Crippen molar-refractivity contribution in [3.8, 4) is 5.75 Å². The van der Waals surface area contributed by atoms with Crippen molar-refractivity contribution in [2.24, 2.45) is 0 Å². The van der Waals surface area contributed by atoms with Gasteiger partial charge >= 0.3 is 0 Å². The molecule has 0 spiro atoms. The second-order valence-electron chi connectivity index (χ2n) is 5.48. The van der Waals surface area contributed by atoms with Gasteiger partial charge in [0, 0.05) is 11.0 Å². The summed E-state index contributed by atoms with van der Waals surface area (Å²) >= 11 is 3.23. The Kier molecular flexibility index (Phi) is 5.05. The molecule has 0 saturated heterocycles. The van der Waals surface area contributed by atoms with Crippen molar-refractivity contribution in [2.75, 3.05) is 6.54 Å². The largest absolute Gasteiger partial charge is 0.507 e. The van der Waals surface area contributed by atoms with Crippen LogP contribution < -0.4 is 5.32 Å². The molecule has 1 fully saturated rings. The predicted octanol–water partition coefficient (Wildman–Crippen LogP) is 2.97. The zero-order valence-electron chi connectivity index (χ0n) is 11.4. The molecule has 5 heteroatoms. The van der Waals surface area contributed by atoms with Crippen LogP contribution >= 0.6 is 15.9 Å². The summed E-state index contributed by atoms with van der Waals surface area (Å²) in [6.07, 6.45) is 5.72. The third-order valence-electron chi connectivity index (χ3n) is 3.82. The highest BCUT2D eigenvalue weighted by Crippen LogP contribution is 2.27. The minimum absolute atomic E-state index is 0.0651. The highest BCUT2D eigenvalue weighted by Gasteiger charge is 2.28. The van der Waals surface area contributed by atoms with E-state index in [9.17, 15) is 15.0 Å². The minimum Gasteiger partial charge on any atom is -0.507 e. The molecule has 0 aromatic heterocycles. The van der Waals surface area contributed by atoms with Crippen LogP contribution in [0.4, 0.5) is 0 Å². The van der Waals surface area contributed by atoms with Gasteiger partial charge in [0.15, 0.2) is 0 Å². The molecule has 1 saturated carbocycles. The number of carbonyl (C=O) groups is 1. The molecule has 1 aliphatic rings. The first-order chi connectivity index (χ1) is 9.50. The average molecular weight is 342 g/mol. The number of halogens is 1. The standard InChI is InChI=1S/C15H20BrNO3/c16-11-5-6-12(13(18)9-11)14(19)17-10-15(20)7-3-1-2-4-8-15/h5-6,9,18,20H,1-4,7-8,10H2,(H,17,19). The highest BCUT2D eigenvalue weighted by molar-refractivity contribution is 9.10. The number of nitrogens with one attached hydrogen (secondary N) is 1. The zero-order chi connectivity index (χ0) is 14.6. The Hall–Kier alpha value is -1.07. The van der Waals surface area contributed by atoms with Gasteiger partial charge in [0.05, 0.1) is 11.2 Å². The molecule has 0 heterocycles. The van der Waals surface area contributed by atoms with Crippen LogP contribution in [-0.2, 0) is 0 Å². The summed E-state index contributed by atoms with van der Waals surface area (Å²) in [6.45, 7) is 0.237. The third-order valence-corrected chi connectivity index (χ3v) is 4.31. The Bertz CT molecular complexity index is 482. The number of aliphatic hydroxyl groups is 1. The summed E-state index contributed by atoms with van der Waals surface area (Å²) in [6, 6.07) is 4.75. The van der Waals surface area contributed by atoms with E-state index in [2.05, 4.69) is 21.2 Å². The Labute approximate surface area is 127 Å². The maximum atomic E-state index is 12.1. The lowest BCUT2D eigenvalue weighted by Crippen LogP contribution is -2.42. The fraction of sp³-hybridized carbons (Fsp3) is 0.533. The molecule has 1 aliphatic carbocycles. The molecule has 20 heavy (non-hydrogen) atoms. The van der Waals surface area contributed by atoms with E-state index in [1.54, 1.807) is 12.1 Å². The van der Waals surface area contributed by atoms with Crippen LogP contribution in [0.5, 0.6) is 5.75 Å². The summed E-state index contributed by atoms with van der Waals surface area (Å²) in [5, 5.41) is 23.0. The number of hydrogen-bond acceptors (Lipinski definition) is 3. The number of hydrogen-bond donors (Lipinski definition) is 3. The molecule has 0 atom stereocenters. The van der Waals surface area contributed by atoms with Gasteiger partial charge in [-0.05, 0) is 31.0 Å². The van der Waals surface area contributed by atoms with Crippen molar-refractivity contribution in [1.82, 2.24) is 5.32 Å². The van der Waals surface area contributed by atoms with E-state index >= 15 is 0 Å². The van der Waals surface area contributed by atoms with E-state index in [4.69, 9.17) is 0 Å². The highest BCUT2D eigenvalue weighted by atomic mass is 79.9. The number of rotatable bonds is 3. The summed E-state index contributed by atoms with van der Waals surface area (Å²) in [5.41, 5.74) is -0.581. The van der Waals surface area contributed by atoms with Gasteiger partial charge in [-0.1, -0.05) is 41.6 Å². The number of phenolic OH excluding ortho intramolecular Hbond substituents is 1. The van der Waals surface area contributed by atoms with Crippen LogP contribution in [0.3, 0.4) is 0 Å². The lowest BCUT2D eigenvalue weighted by Gasteiger charge is -2.26. The molecular weight excluding hydrogens is 322 g/mol. The van der Waals surface area contributed by atoms with Gasteiger partial charge in [0.25, 0.3) is 5.91 Å². The number of phenols is 1. The third kappa shape index (κ3) is 3.96. The van der Waals surface area contributed by atoms with E-state index in [0.29, 0.717) is 4.47 Å².